The van der Waals surface area contributed by atoms with Crippen LogP contribution in [-0.2, 0) is 11.3 Å². The van der Waals surface area contributed by atoms with Crippen molar-refractivity contribution in [1.29, 1.82) is 0 Å². The molecule has 9 heteroatoms. The van der Waals surface area contributed by atoms with Crippen molar-refractivity contribution in [3.05, 3.63) is 18.0 Å². The highest BCUT2D eigenvalue weighted by Gasteiger charge is 2.38. The quantitative estimate of drug-likeness (QED) is 0.725. The molecule has 0 atom stereocenters. The number of nitrogens with one attached hydrogen (secondary N) is 1. The number of aliphatic hydroxyl groups is 1. The predicted octanol–water partition coefficient (Wildman–Crippen LogP) is 1.12. The van der Waals surface area contributed by atoms with Gasteiger partial charge in [0, 0.05) is 24.4 Å². The van der Waals surface area contributed by atoms with Crippen molar-refractivity contribution >= 4 is 5.91 Å². The van der Waals surface area contributed by atoms with Gasteiger partial charge in [-0.05, 0) is 45.0 Å². The van der Waals surface area contributed by atoms with E-state index in [1.807, 2.05) is 16.1 Å². The molecule has 2 rings (SSSR count). The first-order valence-electron chi connectivity index (χ1n) is 8.11. The molecule has 24 heavy (non-hydrogen) atoms. The number of aliphatic hydroxyl groups excluding tert-OH is 1. The normalized spacial score (nSPS) is 17.2. The monoisotopic (exact) mass is 348 g/mol. The predicted molar refractivity (Wildman–Crippen MR) is 81.4 cm³/mol. The third-order valence-corrected chi connectivity index (χ3v) is 4.26. The number of alkyl halides is 3. The molecule has 0 bridgehead atoms. The van der Waals surface area contributed by atoms with Crippen LogP contribution >= 0.6 is 0 Å². The average Bonchev–Trinajstić information content (AvgIpc) is 2.99. The minimum atomic E-state index is -4.81. The first-order chi connectivity index (χ1) is 11.4. The van der Waals surface area contributed by atoms with Gasteiger partial charge < -0.3 is 15.3 Å². The second-order valence-electron chi connectivity index (χ2n) is 5.93. The number of aromatic nitrogens is 2. The lowest BCUT2D eigenvalue weighted by Gasteiger charge is -2.32. The van der Waals surface area contributed by atoms with Crippen LogP contribution in [0.15, 0.2) is 12.3 Å². The molecule has 0 radical (unpaired) electrons. The van der Waals surface area contributed by atoms with Crippen LogP contribution in [0.25, 0.3) is 0 Å². The van der Waals surface area contributed by atoms with Gasteiger partial charge in [0.25, 0.3) is 0 Å². The lowest BCUT2D eigenvalue weighted by Crippen LogP contribution is -2.39. The van der Waals surface area contributed by atoms with E-state index >= 15 is 0 Å². The fourth-order valence-electron chi connectivity index (χ4n) is 3.03. The van der Waals surface area contributed by atoms with Gasteiger partial charge in [0.2, 0.25) is 0 Å². The Morgan fingerprint density at radius 1 is 1.33 bits per heavy atom. The van der Waals surface area contributed by atoms with Crippen molar-refractivity contribution in [2.45, 2.75) is 37.9 Å². The van der Waals surface area contributed by atoms with E-state index in [9.17, 15) is 18.0 Å². The molecule has 1 aliphatic rings. The molecule has 0 aromatic carbocycles. The molecule has 6 nitrogen and oxygen atoms in total. The summed E-state index contributed by atoms with van der Waals surface area (Å²) in [6.45, 7) is 2.96. The van der Waals surface area contributed by atoms with Crippen molar-refractivity contribution in [2.24, 2.45) is 0 Å². The maximum Gasteiger partial charge on any atom is 0.471 e. The van der Waals surface area contributed by atoms with Gasteiger partial charge in [0.05, 0.1) is 13.2 Å². The summed E-state index contributed by atoms with van der Waals surface area (Å²) in [5, 5.41) is 15.1. The molecule has 1 aromatic heterocycles. The van der Waals surface area contributed by atoms with E-state index in [1.165, 1.54) is 0 Å². The Hall–Kier alpha value is -1.61. The van der Waals surface area contributed by atoms with Crippen LogP contribution in [0.1, 0.15) is 30.9 Å². The van der Waals surface area contributed by atoms with Crippen LogP contribution in [0, 0.1) is 0 Å². The highest BCUT2D eigenvalue weighted by atomic mass is 19.4. The second kappa shape index (κ2) is 8.48. The number of piperidine rings is 1. The topological polar surface area (TPSA) is 70.4 Å². The number of carbonyl (C=O) groups is 1. The lowest BCUT2D eigenvalue weighted by atomic mass is 9.93. The van der Waals surface area contributed by atoms with E-state index in [2.05, 4.69) is 10.00 Å². The maximum absolute atomic E-state index is 12.1. The molecule has 0 unspecified atom stereocenters. The van der Waals surface area contributed by atoms with Gasteiger partial charge in [-0.3, -0.25) is 9.48 Å². The van der Waals surface area contributed by atoms with E-state index in [0.29, 0.717) is 25.4 Å². The highest BCUT2D eigenvalue weighted by molar-refractivity contribution is 5.81. The zero-order valence-corrected chi connectivity index (χ0v) is 13.4. The van der Waals surface area contributed by atoms with Crippen LogP contribution in [0.5, 0.6) is 0 Å². The van der Waals surface area contributed by atoms with Gasteiger partial charge in [-0.25, -0.2) is 0 Å². The van der Waals surface area contributed by atoms with Crippen molar-refractivity contribution in [3.8, 4) is 0 Å². The number of nitrogens with zero attached hydrogens (tertiary/aromatic N) is 3. The van der Waals surface area contributed by atoms with Gasteiger partial charge in [-0.1, -0.05) is 0 Å². The Morgan fingerprint density at radius 2 is 2.04 bits per heavy atom. The SMILES string of the molecule is O=C(NCCCN1CCC(c2ccnn2CCO)CC1)C(F)(F)F. The minimum absolute atomic E-state index is 0.0293. The molecular formula is C15H23F3N4O2. The number of rotatable bonds is 7. The average molecular weight is 348 g/mol. The van der Waals surface area contributed by atoms with Crippen LogP contribution in [0.4, 0.5) is 13.2 Å². The van der Waals surface area contributed by atoms with Gasteiger partial charge in [0.1, 0.15) is 0 Å². The molecule has 0 aliphatic carbocycles. The van der Waals surface area contributed by atoms with Gasteiger partial charge in [0.15, 0.2) is 0 Å². The first kappa shape index (κ1) is 18.7. The summed E-state index contributed by atoms with van der Waals surface area (Å²) in [6, 6.07) is 1.97. The number of carbonyl (C=O) groups excluding carboxylic acids is 1. The molecule has 1 saturated heterocycles. The third kappa shape index (κ3) is 5.20. The standard InChI is InChI=1S/C15H23F3N4O2/c16-15(17,18)14(24)19-5-1-7-21-8-3-12(4-9-21)13-2-6-20-22(13)10-11-23/h2,6,12,23H,1,3-5,7-11H2,(H,19,24). The van der Waals surface area contributed by atoms with Crippen LogP contribution in [-0.4, -0.2) is 64.7 Å². The van der Waals surface area contributed by atoms with Crippen LogP contribution in [0.2, 0.25) is 0 Å². The summed E-state index contributed by atoms with van der Waals surface area (Å²) in [5.74, 6) is -1.49. The summed E-state index contributed by atoms with van der Waals surface area (Å²) < 4.78 is 38.0. The summed E-state index contributed by atoms with van der Waals surface area (Å²) in [5.41, 5.74) is 1.13. The van der Waals surface area contributed by atoms with E-state index in [0.717, 1.165) is 31.6 Å². The molecule has 2 N–H and O–H groups in total. The molecule has 1 aliphatic heterocycles. The number of amides is 1. The van der Waals surface area contributed by atoms with E-state index in [1.54, 1.807) is 6.20 Å². The maximum atomic E-state index is 12.1. The Bertz CT molecular complexity index is 525. The number of halogens is 3. The molecule has 1 aromatic rings. The summed E-state index contributed by atoms with van der Waals surface area (Å²) in [6.07, 6.45) is -0.677. The highest BCUT2D eigenvalue weighted by Crippen LogP contribution is 2.27. The Kier molecular flexibility index (Phi) is 6.61. The molecule has 0 saturated carbocycles. The largest absolute Gasteiger partial charge is 0.471 e. The van der Waals surface area contributed by atoms with Crippen molar-refractivity contribution in [1.82, 2.24) is 20.0 Å². The molecular weight excluding hydrogens is 325 g/mol. The fraction of sp³-hybridized carbons (Fsp3) is 0.733. The van der Waals surface area contributed by atoms with Crippen molar-refractivity contribution < 1.29 is 23.1 Å². The van der Waals surface area contributed by atoms with Gasteiger partial charge in [-0.15, -0.1) is 0 Å². The van der Waals surface area contributed by atoms with E-state index in [4.69, 9.17) is 5.11 Å². The van der Waals surface area contributed by atoms with E-state index in [-0.39, 0.29) is 13.2 Å². The molecule has 1 amide bonds. The molecule has 2 heterocycles. The van der Waals surface area contributed by atoms with Crippen molar-refractivity contribution in [2.75, 3.05) is 32.8 Å². The number of likely N-dealkylation sites (tertiary alicyclic amines) is 1. The molecule has 136 valence electrons. The fourth-order valence-corrected chi connectivity index (χ4v) is 3.03. The minimum Gasteiger partial charge on any atom is -0.394 e. The first-order valence-corrected chi connectivity index (χ1v) is 8.11. The third-order valence-electron chi connectivity index (χ3n) is 4.26. The van der Waals surface area contributed by atoms with Gasteiger partial charge >= 0.3 is 12.1 Å². The zero-order chi connectivity index (χ0) is 17.6. The Balaban J connectivity index is 1.68. The summed E-state index contributed by atoms with van der Waals surface area (Å²) >= 11 is 0. The summed E-state index contributed by atoms with van der Waals surface area (Å²) in [7, 11) is 0. The Labute approximate surface area is 138 Å². The molecule has 1 fully saturated rings. The van der Waals surface area contributed by atoms with Gasteiger partial charge in [-0.2, -0.15) is 18.3 Å². The lowest BCUT2D eigenvalue weighted by molar-refractivity contribution is -0.173. The second-order valence-corrected chi connectivity index (χ2v) is 5.93. The zero-order valence-electron chi connectivity index (χ0n) is 13.4. The molecule has 0 spiro atoms. The number of hydrogen-bond donors (Lipinski definition) is 2. The Morgan fingerprint density at radius 3 is 2.67 bits per heavy atom. The van der Waals surface area contributed by atoms with Crippen LogP contribution in [0.3, 0.4) is 0 Å². The van der Waals surface area contributed by atoms with Crippen LogP contribution < -0.4 is 5.32 Å². The number of hydrogen-bond acceptors (Lipinski definition) is 4. The van der Waals surface area contributed by atoms with Crippen molar-refractivity contribution in [3.63, 3.8) is 0 Å². The van der Waals surface area contributed by atoms with E-state index < -0.39 is 12.1 Å². The smallest absolute Gasteiger partial charge is 0.394 e. The summed E-state index contributed by atoms with van der Waals surface area (Å²) in [4.78, 5) is 12.9.